The number of benzene rings is 1. The molecule has 0 saturated carbocycles. The van der Waals surface area contributed by atoms with Crippen LogP contribution in [-0.4, -0.2) is 15.9 Å². The minimum atomic E-state index is -0.211. The van der Waals surface area contributed by atoms with Crippen molar-refractivity contribution in [2.75, 3.05) is 0 Å². The number of nitrogens with one attached hydrogen (secondary N) is 1. The number of amides is 1. The number of carbonyl (C=O) groups excluding carboxylic acids is 1. The number of hydrogen-bond acceptors (Lipinski definition) is 4. The van der Waals surface area contributed by atoms with Gasteiger partial charge in [-0.2, -0.15) is 11.3 Å². The van der Waals surface area contributed by atoms with E-state index in [1.54, 1.807) is 35.9 Å². The van der Waals surface area contributed by atoms with Gasteiger partial charge in [-0.25, -0.2) is 0 Å². The van der Waals surface area contributed by atoms with Crippen molar-refractivity contribution in [3.63, 3.8) is 0 Å². The van der Waals surface area contributed by atoms with Crippen molar-refractivity contribution in [3.8, 4) is 11.3 Å². The molecule has 0 fully saturated rings. The Balaban J connectivity index is 1.66. The lowest BCUT2D eigenvalue weighted by molar-refractivity contribution is -0.116. The molecule has 4 nitrogen and oxygen atoms in total. The largest absolute Gasteiger partial charge is 0.347 e. The Bertz CT molecular complexity index is 862. The Morgan fingerprint density at radius 3 is 2.83 bits per heavy atom. The van der Waals surface area contributed by atoms with Crippen LogP contribution >= 0.6 is 22.9 Å². The number of aromatic nitrogens is 2. The summed E-state index contributed by atoms with van der Waals surface area (Å²) >= 11 is 7.65. The quantitative estimate of drug-likeness (QED) is 0.698. The maximum atomic E-state index is 12.0. The fraction of sp³-hybridized carbons (Fsp3) is 0.0556. The minimum Gasteiger partial charge on any atom is -0.347 e. The standard InChI is InChI=1S/C18H14ClN3OS/c19-15-4-2-1-3-13(15)5-6-17(23)22-11-16-18(21-9-8-20-16)14-7-10-24-12-14/h1-10,12H,11H2,(H,22,23)/b6-5+. The molecule has 0 unspecified atom stereocenters. The zero-order valence-corrected chi connectivity index (χ0v) is 14.2. The summed E-state index contributed by atoms with van der Waals surface area (Å²) in [7, 11) is 0. The van der Waals surface area contributed by atoms with Crippen molar-refractivity contribution in [1.82, 2.24) is 15.3 Å². The molecule has 0 bridgehead atoms. The van der Waals surface area contributed by atoms with Crippen molar-refractivity contribution < 1.29 is 4.79 Å². The summed E-state index contributed by atoms with van der Waals surface area (Å²) in [5, 5.41) is 7.42. The fourth-order valence-corrected chi connectivity index (χ4v) is 2.98. The average Bonchev–Trinajstić information content (AvgIpc) is 3.14. The Morgan fingerprint density at radius 1 is 1.21 bits per heavy atom. The fourth-order valence-electron chi connectivity index (χ4n) is 2.14. The molecule has 24 heavy (non-hydrogen) atoms. The van der Waals surface area contributed by atoms with Gasteiger partial charge in [0.2, 0.25) is 5.91 Å². The molecule has 0 radical (unpaired) electrons. The van der Waals surface area contributed by atoms with Crippen molar-refractivity contribution in [2.24, 2.45) is 0 Å². The number of hydrogen-bond donors (Lipinski definition) is 1. The number of rotatable bonds is 5. The van der Waals surface area contributed by atoms with Crippen LogP contribution in [-0.2, 0) is 11.3 Å². The van der Waals surface area contributed by atoms with Crippen LogP contribution in [0.3, 0.4) is 0 Å². The van der Waals surface area contributed by atoms with Crippen molar-refractivity contribution >= 4 is 34.9 Å². The van der Waals surface area contributed by atoms with E-state index in [2.05, 4.69) is 15.3 Å². The normalized spacial score (nSPS) is 10.9. The van der Waals surface area contributed by atoms with Gasteiger partial charge in [0, 0.05) is 34.4 Å². The van der Waals surface area contributed by atoms with Gasteiger partial charge in [-0.1, -0.05) is 29.8 Å². The Kier molecular flexibility index (Phi) is 5.36. The minimum absolute atomic E-state index is 0.211. The molecule has 3 rings (SSSR count). The second-order valence-electron chi connectivity index (χ2n) is 4.94. The van der Waals surface area contributed by atoms with Gasteiger partial charge in [0.1, 0.15) is 0 Å². The van der Waals surface area contributed by atoms with Crippen LogP contribution in [0.15, 0.2) is 59.6 Å². The first kappa shape index (κ1) is 16.4. The molecule has 1 N–H and O–H groups in total. The molecule has 0 aliphatic carbocycles. The van der Waals surface area contributed by atoms with Crippen molar-refractivity contribution in [3.05, 3.63) is 75.8 Å². The molecule has 1 aromatic carbocycles. The van der Waals surface area contributed by atoms with E-state index in [-0.39, 0.29) is 5.91 Å². The van der Waals surface area contributed by atoms with Crippen molar-refractivity contribution in [1.29, 1.82) is 0 Å². The smallest absolute Gasteiger partial charge is 0.244 e. The molecular formula is C18H14ClN3OS. The second-order valence-corrected chi connectivity index (χ2v) is 6.12. The Labute approximate surface area is 148 Å². The highest BCUT2D eigenvalue weighted by molar-refractivity contribution is 7.08. The van der Waals surface area contributed by atoms with E-state index >= 15 is 0 Å². The van der Waals surface area contributed by atoms with E-state index in [4.69, 9.17) is 11.6 Å². The summed E-state index contributed by atoms with van der Waals surface area (Å²) < 4.78 is 0. The lowest BCUT2D eigenvalue weighted by atomic mass is 10.2. The number of halogens is 1. The molecule has 0 aliphatic heterocycles. The van der Waals surface area contributed by atoms with E-state index in [1.807, 2.05) is 35.0 Å². The van der Waals surface area contributed by atoms with E-state index in [0.29, 0.717) is 11.6 Å². The molecule has 2 aromatic heterocycles. The van der Waals surface area contributed by atoms with Crippen LogP contribution in [0, 0.1) is 0 Å². The Morgan fingerprint density at radius 2 is 2.04 bits per heavy atom. The van der Waals surface area contributed by atoms with Gasteiger partial charge in [0.25, 0.3) is 0 Å². The van der Waals surface area contributed by atoms with Crippen molar-refractivity contribution in [2.45, 2.75) is 6.54 Å². The summed E-state index contributed by atoms with van der Waals surface area (Å²) in [5.41, 5.74) is 3.32. The zero-order valence-electron chi connectivity index (χ0n) is 12.6. The second kappa shape index (κ2) is 7.86. The lowest BCUT2D eigenvalue weighted by Gasteiger charge is -2.06. The van der Waals surface area contributed by atoms with Gasteiger partial charge in [0.05, 0.1) is 17.9 Å². The van der Waals surface area contributed by atoms with Crippen LogP contribution in [0.5, 0.6) is 0 Å². The van der Waals surface area contributed by atoms with Crippen LogP contribution in [0.2, 0.25) is 5.02 Å². The molecule has 6 heteroatoms. The highest BCUT2D eigenvalue weighted by atomic mass is 35.5. The zero-order chi connectivity index (χ0) is 16.8. The van der Waals surface area contributed by atoms with E-state index in [1.165, 1.54) is 6.08 Å². The molecule has 2 heterocycles. The first-order valence-electron chi connectivity index (χ1n) is 7.27. The van der Waals surface area contributed by atoms with Gasteiger partial charge < -0.3 is 5.32 Å². The first-order chi connectivity index (χ1) is 11.7. The number of carbonyl (C=O) groups is 1. The molecular weight excluding hydrogens is 342 g/mol. The maximum absolute atomic E-state index is 12.0. The van der Waals surface area contributed by atoms with Crippen LogP contribution in [0.4, 0.5) is 0 Å². The highest BCUT2D eigenvalue weighted by Gasteiger charge is 2.08. The third-order valence-corrected chi connectivity index (χ3v) is 4.35. The van der Waals surface area contributed by atoms with Gasteiger partial charge in [0.15, 0.2) is 0 Å². The Hall–Kier alpha value is -2.50. The van der Waals surface area contributed by atoms with E-state index < -0.39 is 0 Å². The van der Waals surface area contributed by atoms with Gasteiger partial charge in [-0.05, 0) is 29.2 Å². The average molecular weight is 356 g/mol. The summed E-state index contributed by atoms with van der Waals surface area (Å²) in [6.07, 6.45) is 6.42. The summed E-state index contributed by atoms with van der Waals surface area (Å²) in [6, 6.07) is 9.34. The van der Waals surface area contributed by atoms with Crippen LogP contribution < -0.4 is 5.32 Å². The molecule has 120 valence electrons. The summed E-state index contributed by atoms with van der Waals surface area (Å²) in [5.74, 6) is -0.211. The maximum Gasteiger partial charge on any atom is 0.244 e. The van der Waals surface area contributed by atoms with E-state index in [0.717, 1.165) is 22.5 Å². The van der Waals surface area contributed by atoms with Gasteiger partial charge in [-0.15, -0.1) is 0 Å². The first-order valence-corrected chi connectivity index (χ1v) is 8.59. The molecule has 3 aromatic rings. The molecule has 0 spiro atoms. The lowest BCUT2D eigenvalue weighted by Crippen LogP contribution is -2.21. The predicted molar refractivity (Wildman–Crippen MR) is 97.7 cm³/mol. The summed E-state index contributed by atoms with van der Waals surface area (Å²) in [6.45, 7) is 0.310. The van der Waals surface area contributed by atoms with Gasteiger partial charge >= 0.3 is 0 Å². The summed E-state index contributed by atoms with van der Waals surface area (Å²) in [4.78, 5) is 20.7. The molecule has 1 amide bonds. The van der Waals surface area contributed by atoms with Crippen LogP contribution in [0.25, 0.3) is 17.3 Å². The molecule has 0 saturated heterocycles. The predicted octanol–water partition coefficient (Wildman–Crippen LogP) is 4.19. The third-order valence-electron chi connectivity index (χ3n) is 3.32. The monoisotopic (exact) mass is 355 g/mol. The third kappa shape index (κ3) is 4.07. The SMILES string of the molecule is O=C(/C=C/c1ccccc1Cl)NCc1nccnc1-c1ccsc1. The van der Waals surface area contributed by atoms with Gasteiger partial charge in [-0.3, -0.25) is 14.8 Å². The van der Waals surface area contributed by atoms with Crippen LogP contribution in [0.1, 0.15) is 11.3 Å². The molecule has 0 aliphatic rings. The topological polar surface area (TPSA) is 54.9 Å². The molecule has 0 atom stereocenters. The highest BCUT2D eigenvalue weighted by Crippen LogP contribution is 2.22. The number of thiophene rings is 1. The van der Waals surface area contributed by atoms with E-state index in [9.17, 15) is 4.79 Å². The number of nitrogens with zero attached hydrogens (tertiary/aromatic N) is 2.